The fourth-order valence-corrected chi connectivity index (χ4v) is 5.77. The van der Waals surface area contributed by atoms with E-state index in [4.69, 9.17) is 4.18 Å². The molecule has 5 rings (SSSR count). The second kappa shape index (κ2) is 9.16. The van der Waals surface area contributed by atoms with E-state index in [0.717, 1.165) is 38.4 Å². The number of benzene rings is 5. The van der Waals surface area contributed by atoms with Gasteiger partial charge in [-0.15, -0.1) is 9.24 Å². The molecule has 0 aromatic heterocycles. The van der Waals surface area contributed by atoms with Crippen molar-refractivity contribution in [3.8, 4) is 28.0 Å². The normalized spacial score (nSPS) is 12.3. The van der Waals surface area contributed by atoms with E-state index in [1.165, 1.54) is 6.07 Å². The second-order valence-electron chi connectivity index (χ2n) is 8.95. The van der Waals surface area contributed by atoms with Crippen LogP contribution in [0.15, 0.2) is 84.9 Å². The van der Waals surface area contributed by atoms with Gasteiger partial charge in [0.25, 0.3) is 0 Å². The van der Waals surface area contributed by atoms with E-state index >= 15 is 0 Å². The minimum atomic E-state index is -5.90. The molecule has 0 aliphatic rings. The molecule has 188 valence electrons. The van der Waals surface area contributed by atoms with Crippen LogP contribution in [0.3, 0.4) is 0 Å². The summed E-state index contributed by atoms with van der Waals surface area (Å²) in [6.07, 6.45) is 0. The number of rotatable bonds is 4. The van der Waals surface area contributed by atoms with Gasteiger partial charge in [0.2, 0.25) is 0 Å². The third-order valence-electron chi connectivity index (χ3n) is 6.25. The SMILES string of the molecule is Cc1cc(C)cc(-c2cc3ccccc3c(-c3c(OS(=O)(=O)C(F)(F)F)ccc4ccccc34)c2P)c1. The van der Waals surface area contributed by atoms with E-state index in [1.807, 2.05) is 68.4 Å². The van der Waals surface area contributed by atoms with Crippen molar-refractivity contribution in [1.82, 2.24) is 0 Å². The predicted molar refractivity (Wildman–Crippen MR) is 147 cm³/mol. The van der Waals surface area contributed by atoms with Gasteiger partial charge in [-0.05, 0) is 64.0 Å². The average Bonchev–Trinajstić information content (AvgIpc) is 2.83. The number of alkyl halides is 3. The van der Waals surface area contributed by atoms with Gasteiger partial charge in [0.15, 0.2) is 5.75 Å². The lowest BCUT2D eigenvalue weighted by Crippen LogP contribution is -2.28. The molecule has 0 amide bonds. The van der Waals surface area contributed by atoms with Crippen molar-refractivity contribution >= 4 is 46.2 Å². The maximum Gasteiger partial charge on any atom is 0.534 e. The van der Waals surface area contributed by atoms with Gasteiger partial charge in [0.1, 0.15) is 0 Å². The Morgan fingerprint density at radius 3 is 1.92 bits per heavy atom. The highest BCUT2D eigenvalue weighted by Gasteiger charge is 2.49. The van der Waals surface area contributed by atoms with Gasteiger partial charge in [-0.3, -0.25) is 0 Å². The van der Waals surface area contributed by atoms with Crippen LogP contribution in [0.4, 0.5) is 13.2 Å². The van der Waals surface area contributed by atoms with Crippen LogP contribution < -0.4 is 9.49 Å². The zero-order valence-corrected chi connectivity index (χ0v) is 21.9. The fourth-order valence-electron chi connectivity index (χ4n) is 4.75. The highest BCUT2D eigenvalue weighted by molar-refractivity contribution is 7.88. The van der Waals surface area contributed by atoms with Gasteiger partial charge in [-0.1, -0.05) is 83.9 Å². The molecule has 1 unspecified atom stereocenters. The van der Waals surface area contributed by atoms with Gasteiger partial charge in [0, 0.05) is 11.1 Å². The van der Waals surface area contributed by atoms with Crippen LogP contribution in [0.25, 0.3) is 43.8 Å². The van der Waals surface area contributed by atoms with Crippen LogP contribution in [0.1, 0.15) is 11.1 Å². The molecule has 0 saturated carbocycles. The van der Waals surface area contributed by atoms with Crippen LogP contribution in [0.2, 0.25) is 0 Å². The molecule has 0 fully saturated rings. The highest BCUT2D eigenvalue weighted by Crippen LogP contribution is 2.44. The van der Waals surface area contributed by atoms with Crippen LogP contribution in [0, 0.1) is 13.8 Å². The third kappa shape index (κ3) is 4.58. The summed E-state index contributed by atoms with van der Waals surface area (Å²) in [5.74, 6) is -0.387. The molecule has 5 aromatic rings. The molecule has 0 aliphatic heterocycles. The molecule has 0 heterocycles. The highest BCUT2D eigenvalue weighted by atomic mass is 32.2. The maximum atomic E-state index is 13.3. The van der Waals surface area contributed by atoms with Gasteiger partial charge in [0.05, 0.1) is 0 Å². The molecule has 8 heteroatoms. The minimum absolute atomic E-state index is 0.276. The summed E-state index contributed by atoms with van der Waals surface area (Å²) in [5.41, 5.74) is -0.759. The van der Waals surface area contributed by atoms with Crippen molar-refractivity contribution in [2.24, 2.45) is 0 Å². The number of halogens is 3. The van der Waals surface area contributed by atoms with Crippen molar-refractivity contribution in [1.29, 1.82) is 0 Å². The summed E-state index contributed by atoms with van der Waals surface area (Å²) >= 11 is 0. The zero-order chi connectivity index (χ0) is 26.5. The largest absolute Gasteiger partial charge is 0.534 e. The lowest BCUT2D eigenvalue weighted by molar-refractivity contribution is -0.0499. The van der Waals surface area contributed by atoms with Gasteiger partial charge < -0.3 is 4.18 Å². The average molecular weight is 539 g/mol. The molecule has 1 atom stereocenters. The van der Waals surface area contributed by atoms with Crippen molar-refractivity contribution in [2.75, 3.05) is 0 Å². The molecular formula is C29H22F3O3PS. The lowest BCUT2D eigenvalue weighted by atomic mass is 9.89. The molecule has 5 aromatic carbocycles. The van der Waals surface area contributed by atoms with Gasteiger partial charge in [-0.25, -0.2) is 0 Å². The molecule has 0 saturated heterocycles. The molecular weight excluding hydrogens is 516 g/mol. The van der Waals surface area contributed by atoms with E-state index in [-0.39, 0.29) is 11.3 Å². The fraction of sp³-hybridized carbons (Fsp3) is 0.103. The Kier molecular flexibility index (Phi) is 6.25. The molecule has 0 bridgehead atoms. The standard InChI is InChI=1S/C29H22F3O3PS/c1-17-13-18(2)15-21(14-17)24-16-20-8-4-6-10-23(20)27(28(24)36)26-22-9-5-3-7-19(22)11-12-25(26)35-37(33,34)29(30,31)32/h3-16H,36H2,1-2H3. The summed E-state index contributed by atoms with van der Waals surface area (Å²) in [4.78, 5) is 0. The summed E-state index contributed by atoms with van der Waals surface area (Å²) in [7, 11) is -3.18. The molecule has 0 aliphatic carbocycles. The Labute approximate surface area is 215 Å². The maximum absolute atomic E-state index is 13.3. The Morgan fingerprint density at radius 1 is 0.730 bits per heavy atom. The summed E-state index contributed by atoms with van der Waals surface area (Å²) in [6, 6.07) is 25.7. The Bertz CT molecular complexity index is 1770. The Morgan fingerprint density at radius 2 is 1.30 bits per heavy atom. The number of fused-ring (bicyclic) bond motifs is 2. The van der Waals surface area contributed by atoms with Crippen LogP contribution >= 0.6 is 9.24 Å². The van der Waals surface area contributed by atoms with E-state index in [1.54, 1.807) is 18.2 Å². The van der Waals surface area contributed by atoms with Gasteiger partial charge in [-0.2, -0.15) is 21.6 Å². The third-order valence-corrected chi connectivity index (χ3v) is 7.81. The first-order valence-electron chi connectivity index (χ1n) is 11.4. The summed E-state index contributed by atoms with van der Waals surface area (Å²) in [6.45, 7) is 4.00. The number of hydrogen-bond acceptors (Lipinski definition) is 3. The number of aryl methyl sites for hydroxylation is 2. The zero-order valence-electron chi connectivity index (χ0n) is 19.9. The summed E-state index contributed by atoms with van der Waals surface area (Å²) in [5, 5.41) is 3.64. The van der Waals surface area contributed by atoms with E-state index in [0.29, 0.717) is 16.3 Å². The van der Waals surface area contributed by atoms with Crippen LogP contribution in [0.5, 0.6) is 5.75 Å². The topological polar surface area (TPSA) is 43.4 Å². The van der Waals surface area contributed by atoms with Crippen LogP contribution in [-0.4, -0.2) is 13.9 Å². The van der Waals surface area contributed by atoms with E-state index in [9.17, 15) is 21.6 Å². The van der Waals surface area contributed by atoms with Crippen molar-refractivity contribution in [3.05, 3.63) is 96.1 Å². The van der Waals surface area contributed by atoms with E-state index in [2.05, 4.69) is 15.3 Å². The van der Waals surface area contributed by atoms with Crippen molar-refractivity contribution in [3.63, 3.8) is 0 Å². The first-order chi connectivity index (χ1) is 17.5. The predicted octanol–water partition coefficient (Wildman–Crippen LogP) is 7.67. The first-order valence-corrected chi connectivity index (χ1v) is 13.4. The number of hydrogen-bond donors (Lipinski definition) is 0. The molecule has 0 N–H and O–H groups in total. The lowest BCUT2D eigenvalue weighted by Gasteiger charge is -2.21. The summed E-state index contributed by atoms with van der Waals surface area (Å²) < 4.78 is 69.0. The quantitative estimate of drug-likeness (QED) is 0.134. The molecule has 0 spiro atoms. The molecule has 3 nitrogen and oxygen atoms in total. The second-order valence-corrected chi connectivity index (χ2v) is 11.1. The smallest absolute Gasteiger partial charge is 0.375 e. The molecule has 0 radical (unpaired) electrons. The van der Waals surface area contributed by atoms with Crippen molar-refractivity contribution < 1.29 is 25.8 Å². The van der Waals surface area contributed by atoms with E-state index < -0.39 is 15.6 Å². The van der Waals surface area contributed by atoms with Gasteiger partial charge >= 0.3 is 15.6 Å². The Hall–Kier alpha value is -3.41. The first kappa shape index (κ1) is 25.2. The monoisotopic (exact) mass is 538 g/mol. The Balaban J connectivity index is 1.92. The minimum Gasteiger partial charge on any atom is -0.375 e. The molecule has 37 heavy (non-hydrogen) atoms. The van der Waals surface area contributed by atoms with Crippen LogP contribution in [-0.2, 0) is 10.1 Å². The van der Waals surface area contributed by atoms with Crippen molar-refractivity contribution in [2.45, 2.75) is 19.4 Å².